The molecule has 354 valence electrons. The van der Waals surface area contributed by atoms with Crippen molar-refractivity contribution in [1.82, 2.24) is 50.1 Å². The number of piperidine rings is 1. The van der Waals surface area contributed by atoms with Gasteiger partial charge in [-0.3, -0.25) is 24.2 Å². The predicted molar refractivity (Wildman–Crippen MR) is 245 cm³/mol. The van der Waals surface area contributed by atoms with Crippen LogP contribution in [0.5, 0.6) is 5.75 Å². The average Bonchev–Trinajstić information content (AvgIpc) is 4.08. The lowest BCUT2D eigenvalue weighted by Crippen LogP contribution is -2.59. The zero-order valence-electron chi connectivity index (χ0n) is 38.1. The fourth-order valence-corrected chi connectivity index (χ4v) is 10.1. The van der Waals surface area contributed by atoms with E-state index in [4.69, 9.17) is 4.74 Å². The summed E-state index contributed by atoms with van der Waals surface area (Å²) >= 11 is 1.60. The first-order chi connectivity index (χ1) is 31.6. The van der Waals surface area contributed by atoms with Crippen LogP contribution >= 0.6 is 11.3 Å². The number of benzene rings is 2. The van der Waals surface area contributed by atoms with E-state index < -0.39 is 29.5 Å². The van der Waals surface area contributed by atoms with Crippen molar-refractivity contribution in [3.63, 3.8) is 0 Å². The standard InChI is InChI=1S/C47H60F3N11O4S/c1-31-41(66-30-52-31)35-9-7-32(8-10-35)28-51-43(63)37-6-5-19-60(37)44(64)42(46(2,3)4)53-40(62)29-58-24-22-57(23-25-58)26-27-65-36-13-11-33(12-14-36)34-17-20-59(21-18-34)39-16-15-38-54-55-45(47(48,49)50)61(38)56-39/h7-14,30,34,37,42H,5-6,15-29H2,1-4H3,(H,51,63)(H,53,62)/t37-,42+/m0/s1. The highest BCUT2D eigenvalue weighted by atomic mass is 32.1. The van der Waals surface area contributed by atoms with Crippen molar-refractivity contribution >= 4 is 34.9 Å². The van der Waals surface area contributed by atoms with Gasteiger partial charge in [-0.05, 0) is 72.8 Å². The Kier molecular flexibility index (Phi) is 14.4. The molecule has 4 aromatic rings. The SMILES string of the molecule is Cc1ncsc1-c1ccc(CNC(=O)[C@@H]2CCCN2C(=O)[C@@H](NC(=O)CN2CCN(CCOc3ccc(C4CCN(C5=Nn6c(nnc6C(F)(F)F)CC5)CC4)cc3)CC2)C(C)(C)C)cc1. The number of amidine groups is 1. The molecule has 0 bridgehead atoms. The highest BCUT2D eigenvalue weighted by molar-refractivity contribution is 7.13. The minimum Gasteiger partial charge on any atom is -0.492 e. The molecular weight excluding hydrogens is 872 g/mol. The molecule has 2 N–H and O–H groups in total. The van der Waals surface area contributed by atoms with Gasteiger partial charge in [0.15, 0.2) is 5.82 Å². The van der Waals surface area contributed by atoms with Gasteiger partial charge in [0.2, 0.25) is 17.7 Å². The van der Waals surface area contributed by atoms with Crippen molar-refractivity contribution < 1.29 is 32.3 Å². The number of hydrogen-bond donors (Lipinski definition) is 2. The summed E-state index contributed by atoms with van der Waals surface area (Å²) in [6, 6.07) is 14.9. The van der Waals surface area contributed by atoms with Crippen LogP contribution in [-0.4, -0.2) is 141 Å². The first-order valence-electron chi connectivity index (χ1n) is 23.0. The van der Waals surface area contributed by atoms with E-state index in [1.807, 2.05) is 69.6 Å². The van der Waals surface area contributed by atoms with Gasteiger partial charge in [-0.15, -0.1) is 21.5 Å². The molecule has 15 nitrogen and oxygen atoms in total. The molecule has 0 radical (unpaired) electrons. The topological polar surface area (TPSA) is 153 Å². The first kappa shape index (κ1) is 47.1. The van der Waals surface area contributed by atoms with Crippen molar-refractivity contribution in [1.29, 1.82) is 0 Å². The van der Waals surface area contributed by atoms with Crippen LogP contribution in [0, 0.1) is 12.3 Å². The zero-order valence-corrected chi connectivity index (χ0v) is 39.0. The maximum Gasteiger partial charge on any atom is 0.453 e. The molecule has 3 saturated heterocycles. The van der Waals surface area contributed by atoms with Crippen LogP contribution in [0.2, 0.25) is 0 Å². The summed E-state index contributed by atoms with van der Waals surface area (Å²) in [6.07, 6.45) is -0.662. The molecule has 0 spiro atoms. The maximum atomic E-state index is 14.1. The smallest absolute Gasteiger partial charge is 0.453 e. The molecule has 66 heavy (non-hydrogen) atoms. The van der Waals surface area contributed by atoms with Crippen LogP contribution in [0.3, 0.4) is 0 Å². The van der Waals surface area contributed by atoms with Crippen molar-refractivity contribution in [2.24, 2.45) is 10.5 Å². The summed E-state index contributed by atoms with van der Waals surface area (Å²) in [4.78, 5) is 54.7. The Balaban J connectivity index is 0.736. The minimum atomic E-state index is -4.61. The fraction of sp³-hybridized carbons (Fsp3) is 0.553. The van der Waals surface area contributed by atoms with Gasteiger partial charge in [0, 0.05) is 71.7 Å². The summed E-state index contributed by atoms with van der Waals surface area (Å²) in [6.45, 7) is 14.5. The van der Waals surface area contributed by atoms with Gasteiger partial charge < -0.3 is 25.2 Å². The number of amides is 3. The van der Waals surface area contributed by atoms with Gasteiger partial charge in [0.05, 0.1) is 22.6 Å². The highest BCUT2D eigenvalue weighted by Gasteiger charge is 2.43. The number of hydrogen-bond acceptors (Lipinski definition) is 12. The number of nitrogens with one attached hydrogen (secondary N) is 2. The Morgan fingerprint density at radius 2 is 1.59 bits per heavy atom. The number of carbonyl (C=O) groups excluding carboxylic acids is 3. The number of aryl methyl sites for hydroxylation is 2. The Morgan fingerprint density at radius 1 is 0.879 bits per heavy atom. The molecule has 2 aromatic heterocycles. The first-order valence-corrected chi connectivity index (χ1v) is 23.9. The molecule has 4 aliphatic rings. The number of fused-ring (bicyclic) bond motifs is 1. The van der Waals surface area contributed by atoms with Gasteiger partial charge in [-0.1, -0.05) is 57.2 Å². The highest BCUT2D eigenvalue weighted by Crippen LogP contribution is 2.33. The van der Waals surface area contributed by atoms with E-state index in [1.54, 1.807) is 16.2 Å². The van der Waals surface area contributed by atoms with Crippen molar-refractivity contribution in [2.75, 3.05) is 65.5 Å². The summed E-state index contributed by atoms with van der Waals surface area (Å²) in [7, 11) is 0. The van der Waals surface area contributed by atoms with Gasteiger partial charge in [0.1, 0.15) is 30.3 Å². The molecule has 19 heteroatoms. The number of alkyl halides is 3. The zero-order chi connectivity index (χ0) is 46.6. The molecule has 2 aromatic carbocycles. The number of likely N-dealkylation sites (tertiary alicyclic amines) is 2. The minimum absolute atomic E-state index is 0.183. The summed E-state index contributed by atoms with van der Waals surface area (Å²) in [5.41, 5.74) is 5.52. The van der Waals surface area contributed by atoms with E-state index in [2.05, 4.69) is 57.7 Å². The van der Waals surface area contributed by atoms with Gasteiger partial charge >= 0.3 is 6.18 Å². The molecule has 0 aliphatic carbocycles. The van der Waals surface area contributed by atoms with E-state index in [9.17, 15) is 27.6 Å². The largest absolute Gasteiger partial charge is 0.492 e. The third-order valence-electron chi connectivity index (χ3n) is 13.2. The summed E-state index contributed by atoms with van der Waals surface area (Å²) in [5, 5.41) is 17.4. The summed E-state index contributed by atoms with van der Waals surface area (Å²) in [5.74, 6) is 0.306. The Labute approximate surface area is 387 Å². The molecule has 0 unspecified atom stereocenters. The van der Waals surface area contributed by atoms with Gasteiger partial charge in [-0.2, -0.15) is 22.9 Å². The quantitative estimate of drug-likeness (QED) is 0.175. The monoisotopic (exact) mass is 931 g/mol. The lowest BCUT2D eigenvalue weighted by Gasteiger charge is -2.37. The van der Waals surface area contributed by atoms with Crippen molar-refractivity contribution in [3.8, 4) is 16.2 Å². The maximum absolute atomic E-state index is 14.1. The number of halogens is 3. The van der Waals surface area contributed by atoms with Crippen LogP contribution < -0.4 is 15.4 Å². The molecular formula is C47H60F3N11O4S. The lowest BCUT2D eigenvalue weighted by molar-refractivity contribution is -0.147. The fourth-order valence-electron chi connectivity index (χ4n) is 9.32. The van der Waals surface area contributed by atoms with Crippen LogP contribution in [-0.2, 0) is 33.5 Å². The Hall–Kier alpha value is -5.40. The number of carbonyl (C=O) groups is 3. The van der Waals surface area contributed by atoms with Crippen LogP contribution in [0.15, 0.2) is 59.1 Å². The van der Waals surface area contributed by atoms with Crippen LogP contribution in [0.25, 0.3) is 10.4 Å². The molecule has 8 rings (SSSR count). The number of aromatic nitrogens is 4. The van der Waals surface area contributed by atoms with Crippen LogP contribution in [0.1, 0.15) is 87.3 Å². The number of thiazole rings is 1. The van der Waals surface area contributed by atoms with E-state index in [0.29, 0.717) is 76.9 Å². The molecule has 4 aliphatic heterocycles. The molecule has 3 fully saturated rings. The normalized spacial score (nSPS) is 19.3. The predicted octanol–water partition coefficient (Wildman–Crippen LogP) is 5.55. The van der Waals surface area contributed by atoms with E-state index in [0.717, 1.165) is 71.0 Å². The van der Waals surface area contributed by atoms with E-state index in [-0.39, 0.29) is 30.1 Å². The Bertz CT molecular complexity index is 2350. The third-order valence-corrected chi connectivity index (χ3v) is 14.1. The summed E-state index contributed by atoms with van der Waals surface area (Å²) < 4.78 is 47.1. The number of nitrogens with zero attached hydrogens (tertiary/aromatic N) is 9. The second-order valence-corrected chi connectivity index (χ2v) is 19.7. The second kappa shape index (κ2) is 20.2. The third kappa shape index (κ3) is 11.2. The molecule has 3 amide bonds. The number of rotatable bonds is 13. The average molecular weight is 932 g/mol. The number of ether oxygens (including phenoxy) is 1. The number of piperazine rings is 1. The van der Waals surface area contributed by atoms with E-state index in [1.165, 1.54) is 5.56 Å². The molecule has 6 heterocycles. The Morgan fingerprint density at radius 3 is 2.26 bits per heavy atom. The lowest BCUT2D eigenvalue weighted by atomic mass is 9.85. The van der Waals surface area contributed by atoms with Gasteiger partial charge in [-0.25, -0.2) is 4.98 Å². The van der Waals surface area contributed by atoms with Crippen molar-refractivity contribution in [3.05, 3.63) is 82.5 Å². The van der Waals surface area contributed by atoms with E-state index >= 15 is 0 Å². The van der Waals surface area contributed by atoms with Crippen LogP contribution in [0.4, 0.5) is 13.2 Å². The second-order valence-electron chi connectivity index (χ2n) is 18.8. The van der Waals surface area contributed by atoms with Gasteiger partial charge in [0.25, 0.3) is 5.82 Å². The molecule has 0 saturated carbocycles. The van der Waals surface area contributed by atoms with Crippen molar-refractivity contribution in [2.45, 2.75) is 96.9 Å². The molecule has 2 atom stereocenters.